The predicted molar refractivity (Wildman–Crippen MR) is 51.2 cm³/mol. The maximum Gasteiger partial charge on any atom is 0.0968 e. The van der Waals surface area contributed by atoms with E-state index in [1.165, 1.54) is 0 Å². The van der Waals surface area contributed by atoms with Crippen LogP contribution in [-0.4, -0.2) is 21.4 Å². The maximum absolute atomic E-state index is 9.70. The van der Waals surface area contributed by atoms with Gasteiger partial charge in [0.15, 0.2) is 0 Å². The predicted octanol–water partition coefficient (Wildman–Crippen LogP) is 0.846. The van der Waals surface area contributed by atoms with Crippen LogP contribution in [0, 0.1) is 0 Å². The van der Waals surface area contributed by atoms with Crippen molar-refractivity contribution in [3.8, 4) is 0 Å². The van der Waals surface area contributed by atoms with Crippen molar-refractivity contribution < 1.29 is 5.11 Å². The normalized spacial score (nSPS) is 13.6. The van der Waals surface area contributed by atoms with Gasteiger partial charge in [-0.05, 0) is 32.9 Å². The summed E-state index contributed by atoms with van der Waals surface area (Å²) in [6.45, 7) is 4.56. The van der Waals surface area contributed by atoms with Gasteiger partial charge in [-0.2, -0.15) is 5.10 Å². The van der Waals surface area contributed by atoms with Crippen molar-refractivity contribution in [1.29, 1.82) is 0 Å². The first-order chi connectivity index (χ1) is 6.16. The molecule has 0 radical (unpaired) electrons. The first-order valence-electron chi connectivity index (χ1n) is 4.58. The van der Waals surface area contributed by atoms with Crippen LogP contribution in [0.5, 0.6) is 0 Å². The number of aliphatic hydroxyl groups excluding tert-OH is 1. The van der Waals surface area contributed by atoms with Crippen molar-refractivity contribution in [2.24, 2.45) is 5.73 Å². The van der Waals surface area contributed by atoms with E-state index in [2.05, 4.69) is 5.10 Å². The molecular weight excluding hydrogens is 166 g/mol. The molecule has 0 aromatic carbocycles. The van der Waals surface area contributed by atoms with Gasteiger partial charge in [0.25, 0.3) is 0 Å². The lowest BCUT2D eigenvalue weighted by molar-refractivity contribution is 0.157. The summed E-state index contributed by atoms with van der Waals surface area (Å²) in [6.07, 6.45) is 1.79. The molecule has 13 heavy (non-hydrogen) atoms. The third kappa shape index (κ3) is 2.29. The van der Waals surface area contributed by atoms with Crippen LogP contribution in [0.15, 0.2) is 12.3 Å². The lowest BCUT2D eigenvalue weighted by Crippen LogP contribution is -2.14. The fraction of sp³-hybridized carbons (Fsp3) is 0.667. The molecule has 0 aliphatic rings. The van der Waals surface area contributed by atoms with Crippen LogP contribution < -0.4 is 5.73 Å². The molecule has 0 saturated heterocycles. The smallest absolute Gasteiger partial charge is 0.0968 e. The van der Waals surface area contributed by atoms with Gasteiger partial charge in [0.2, 0.25) is 0 Å². The molecule has 3 N–H and O–H groups in total. The molecule has 0 spiro atoms. The summed E-state index contributed by atoms with van der Waals surface area (Å²) in [5.74, 6) is 0. The van der Waals surface area contributed by atoms with E-state index in [-0.39, 0.29) is 6.04 Å². The molecular formula is C9H17N3O. The molecule has 4 nitrogen and oxygen atoms in total. The van der Waals surface area contributed by atoms with Crippen molar-refractivity contribution in [1.82, 2.24) is 9.78 Å². The zero-order chi connectivity index (χ0) is 9.84. The summed E-state index contributed by atoms with van der Waals surface area (Å²) >= 11 is 0. The summed E-state index contributed by atoms with van der Waals surface area (Å²) in [5, 5.41) is 13.8. The highest BCUT2D eigenvalue weighted by Gasteiger charge is 2.13. The van der Waals surface area contributed by atoms with E-state index < -0.39 is 6.10 Å². The minimum atomic E-state index is -0.491. The number of nitrogens with zero attached hydrogens (tertiary/aromatic N) is 2. The molecule has 4 heteroatoms. The Bertz CT molecular complexity index is 257. The second-order valence-corrected chi connectivity index (χ2v) is 3.39. The summed E-state index contributed by atoms with van der Waals surface area (Å²) < 4.78 is 1.82. The number of aliphatic hydroxyl groups is 1. The lowest BCUT2D eigenvalue weighted by Gasteiger charge is -2.14. The number of hydrogen-bond acceptors (Lipinski definition) is 3. The molecule has 0 bridgehead atoms. The fourth-order valence-electron chi connectivity index (χ4n) is 1.33. The Kier molecular flexibility index (Phi) is 3.45. The van der Waals surface area contributed by atoms with Crippen LogP contribution in [0.25, 0.3) is 0 Å². The highest BCUT2D eigenvalue weighted by Crippen LogP contribution is 2.18. The number of nitrogens with two attached hydrogens (primary N) is 1. The van der Waals surface area contributed by atoms with Gasteiger partial charge >= 0.3 is 0 Å². The molecule has 0 amide bonds. The van der Waals surface area contributed by atoms with Crippen LogP contribution in [0.1, 0.15) is 38.1 Å². The van der Waals surface area contributed by atoms with Gasteiger partial charge in [0.1, 0.15) is 0 Å². The van der Waals surface area contributed by atoms with Gasteiger partial charge in [-0.25, -0.2) is 0 Å². The second-order valence-electron chi connectivity index (χ2n) is 3.39. The first-order valence-corrected chi connectivity index (χ1v) is 4.58. The summed E-state index contributed by atoms with van der Waals surface area (Å²) in [6, 6.07) is 2.11. The van der Waals surface area contributed by atoms with Gasteiger partial charge in [0, 0.05) is 12.2 Å². The Labute approximate surface area is 78.4 Å². The fourth-order valence-corrected chi connectivity index (χ4v) is 1.33. The Hall–Kier alpha value is -0.870. The van der Waals surface area contributed by atoms with E-state index in [0.717, 1.165) is 5.69 Å². The van der Waals surface area contributed by atoms with Gasteiger partial charge in [-0.3, -0.25) is 4.68 Å². The topological polar surface area (TPSA) is 64.1 Å². The van der Waals surface area contributed by atoms with Gasteiger partial charge in [0.05, 0.1) is 11.8 Å². The van der Waals surface area contributed by atoms with E-state index >= 15 is 0 Å². The lowest BCUT2D eigenvalue weighted by atomic mass is 10.2. The molecule has 1 heterocycles. The molecule has 1 aromatic rings. The quantitative estimate of drug-likeness (QED) is 0.727. The monoisotopic (exact) mass is 183 g/mol. The molecule has 1 atom stereocenters. The number of rotatable bonds is 4. The standard InChI is InChI=1S/C9H17N3O/c1-7(2)12-8(4-6-11-12)9(13)3-5-10/h4,6-7,9,13H,3,5,10H2,1-2H3/t9-/m0/s1. The minimum Gasteiger partial charge on any atom is -0.387 e. The third-order valence-electron chi connectivity index (χ3n) is 1.97. The largest absolute Gasteiger partial charge is 0.387 e. The molecule has 1 aromatic heterocycles. The van der Waals surface area contributed by atoms with E-state index in [1.54, 1.807) is 6.20 Å². The summed E-state index contributed by atoms with van der Waals surface area (Å²) in [4.78, 5) is 0. The van der Waals surface area contributed by atoms with Gasteiger partial charge in [-0.1, -0.05) is 0 Å². The van der Waals surface area contributed by atoms with Gasteiger partial charge in [-0.15, -0.1) is 0 Å². The van der Waals surface area contributed by atoms with Crippen LogP contribution in [-0.2, 0) is 0 Å². The Morgan fingerprint density at radius 1 is 1.62 bits per heavy atom. The second kappa shape index (κ2) is 4.39. The van der Waals surface area contributed by atoms with E-state index in [9.17, 15) is 5.11 Å². The molecule has 0 saturated carbocycles. The average Bonchev–Trinajstić information content (AvgIpc) is 2.52. The van der Waals surface area contributed by atoms with E-state index in [1.807, 2.05) is 24.6 Å². The SMILES string of the molecule is CC(C)n1nccc1[C@@H](O)CCN. The minimum absolute atomic E-state index is 0.275. The van der Waals surface area contributed by atoms with Crippen LogP contribution in [0.2, 0.25) is 0 Å². The number of aromatic nitrogens is 2. The Morgan fingerprint density at radius 2 is 2.31 bits per heavy atom. The van der Waals surface area contributed by atoms with Crippen molar-refractivity contribution in [2.75, 3.05) is 6.54 Å². The Balaban J connectivity index is 2.80. The van der Waals surface area contributed by atoms with Crippen LogP contribution in [0.3, 0.4) is 0 Å². The van der Waals surface area contributed by atoms with Crippen molar-refractivity contribution in [2.45, 2.75) is 32.4 Å². The van der Waals surface area contributed by atoms with Crippen LogP contribution in [0.4, 0.5) is 0 Å². The van der Waals surface area contributed by atoms with Gasteiger partial charge < -0.3 is 10.8 Å². The Morgan fingerprint density at radius 3 is 2.85 bits per heavy atom. The maximum atomic E-state index is 9.70. The first kappa shape index (κ1) is 10.2. The highest BCUT2D eigenvalue weighted by atomic mass is 16.3. The zero-order valence-corrected chi connectivity index (χ0v) is 8.14. The zero-order valence-electron chi connectivity index (χ0n) is 8.14. The van der Waals surface area contributed by atoms with Crippen molar-refractivity contribution in [3.05, 3.63) is 18.0 Å². The van der Waals surface area contributed by atoms with Crippen molar-refractivity contribution in [3.63, 3.8) is 0 Å². The van der Waals surface area contributed by atoms with E-state index in [0.29, 0.717) is 13.0 Å². The molecule has 0 aliphatic carbocycles. The van der Waals surface area contributed by atoms with Crippen LogP contribution >= 0.6 is 0 Å². The number of hydrogen-bond donors (Lipinski definition) is 2. The third-order valence-corrected chi connectivity index (χ3v) is 1.97. The molecule has 74 valence electrons. The highest BCUT2D eigenvalue weighted by molar-refractivity contribution is 5.05. The molecule has 0 unspecified atom stereocenters. The molecule has 1 rings (SSSR count). The summed E-state index contributed by atoms with van der Waals surface area (Å²) in [7, 11) is 0. The average molecular weight is 183 g/mol. The van der Waals surface area contributed by atoms with E-state index in [4.69, 9.17) is 5.73 Å². The van der Waals surface area contributed by atoms with Crippen molar-refractivity contribution >= 4 is 0 Å². The summed E-state index contributed by atoms with van der Waals surface area (Å²) in [5.41, 5.74) is 6.22. The molecule has 0 aliphatic heterocycles. The molecule has 0 fully saturated rings.